The quantitative estimate of drug-likeness (QED) is 0.870. The Morgan fingerprint density at radius 2 is 2.22 bits per heavy atom. The topological polar surface area (TPSA) is 37.8 Å². The summed E-state index contributed by atoms with van der Waals surface area (Å²) in [5.41, 5.74) is 4.11. The Hall–Kier alpha value is -1.07. The van der Waals surface area contributed by atoms with Crippen molar-refractivity contribution in [3.05, 3.63) is 35.0 Å². The molecule has 3 rings (SSSR count). The van der Waals surface area contributed by atoms with Gasteiger partial charge in [-0.3, -0.25) is 0 Å². The zero-order valence-electron chi connectivity index (χ0n) is 10.3. The molecule has 3 nitrogen and oxygen atoms in total. The van der Waals surface area contributed by atoms with Gasteiger partial charge in [0.15, 0.2) is 0 Å². The van der Waals surface area contributed by atoms with Crippen molar-refractivity contribution in [3.63, 3.8) is 0 Å². The molecule has 0 saturated carbocycles. The van der Waals surface area contributed by atoms with Gasteiger partial charge < -0.3 is 5.32 Å². The van der Waals surface area contributed by atoms with Gasteiger partial charge in [0.25, 0.3) is 0 Å². The Morgan fingerprint density at radius 1 is 1.33 bits per heavy atom. The van der Waals surface area contributed by atoms with Crippen molar-refractivity contribution in [1.82, 2.24) is 9.59 Å². The molecule has 2 aromatic rings. The molecule has 18 heavy (non-hydrogen) atoms. The summed E-state index contributed by atoms with van der Waals surface area (Å²) in [5.74, 6) is 0.880. The van der Waals surface area contributed by atoms with E-state index in [0.717, 1.165) is 16.4 Å². The maximum Gasteiger partial charge on any atom is 0.133 e. The Balaban J connectivity index is 1.70. The first-order valence-electron chi connectivity index (χ1n) is 6.10. The molecule has 1 N–H and O–H groups in total. The molecule has 0 aliphatic heterocycles. The summed E-state index contributed by atoms with van der Waals surface area (Å²) < 4.78 is 3.98. The minimum atomic E-state index is 0.880. The lowest BCUT2D eigenvalue weighted by molar-refractivity contribution is 0.911. The molecule has 1 aromatic carbocycles. The predicted molar refractivity (Wildman–Crippen MR) is 77.5 cm³/mol. The highest BCUT2D eigenvalue weighted by atomic mass is 32.2. The summed E-state index contributed by atoms with van der Waals surface area (Å²) in [4.78, 5) is 1.34. The molecule has 0 spiro atoms. The molecule has 1 aliphatic rings. The van der Waals surface area contributed by atoms with Gasteiger partial charge in [-0.05, 0) is 42.5 Å². The molecule has 0 unspecified atom stereocenters. The van der Waals surface area contributed by atoms with E-state index >= 15 is 0 Å². The van der Waals surface area contributed by atoms with E-state index in [4.69, 9.17) is 0 Å². The number of aryl methyl sites for hydroxylation is 2. The van der Waals surface area contributed by atoms with E-state index in [0.29, 0.717) is 0 Å². The predicted octanol–water partition coefficient (Wildman–Crippen LogP) is 3.36. The fourth-order valence-electron chi connectivity index (χ4n) is 2.28. The average Bonchev–Trinajstić information content (AvgIpc) is 3.04. The summed E-state index contributed by atoms with van der Waals surface area (Å²) in [6.45, 7) is 0. The molecule has 94 valence electrons. The normalized spacial score (nSPS) is 13.6. The van der Waals surface area contributed by atoms with Gasteiger partial charge in [-0.2, -0.15) is 0 Å². The maximum atomic E-state index is 4.16. The van der Waals surface area contributed by atoms with Gasteiger partial charge in [0.1, 0.15) is 10.7 Å². The summed E-state index contributed by atoms with van der Waals surface area (Å²) >= 11 is 3.26. The molecule has 0 amide bonds. The van der Waals surface area contributed by atoms with E-state index in [2.05, 4.69) is 33.1 Å². The van der Waals surface area contributed by atoms with Crippen molar-refractivity contribution in [2.45, 2.75) is 29.9 Å². The number of hydrogen-bond acceptors (Lipinski definition) is 5. The third-order valence-corrected chi connectivity index (χ3v) is 5.02. The second-order valence-electron chi connectivity index (χ2n) is 4.37. The average molecular weight is 277 g/mol. The first-order valence-corrected chi connectivity index (χ1v) is 7.86. The Morgan fingerprint density at radius 3 is 3.11 bits per heavy atom. The van der Waals surface area contributed by atoms with E-state index in [1.54, 1.807) is 0 Å². The molecule has 0 bridgehead atoms. The van der Waals surface area contributed by atoms with Crippen LogP contribution in [0.25, 0.3) is 0 Å². The van der Waals surface area contributed by atoms with E-state index in [1.807, 2.05) is 18.8 Å². The van der Waals surface area contributed by atoms with Gasteiger partial charge in [-0.15, -0.1) is 16.9 Å². The largest absolute Gasteiger partial charge is 0.377 e. The van der Waals surface area contributed by atoms with Crippen LogP contribution in [-0.4, -0.2) is 16.6 Å². The van der Waals surface area contributed by atoms with Crippen LogP contribution in [0.3, 0.4) is 0 Å². The van der Waals surface area contributed by atoms with Crippen molar-refractivity contribution in [1.29, 1.82) is 0 Å². The molecule has 0 atom stereocenters. The van der Waals surface area contributed by atoms with Crippen LogP contribution >= 0.6 is 23.3 Å². The van der Waals surface area contributed by atoms with Crippen molar-refractivity contribution in [2.24, 2.45) is 0 Å². The number of hydrogen-bond donors (Lipinski definition) is 1. The van der Waals surface area contributed by atoms with Crippen LogP contribution in [0.15, 0.2) is 23.1 Å². The molecule has 0 radical (unpaired) electrons. The highest BCUT2D eigenvalue weighted by molar-refractivity contribution is 7.98. The number of thioether (sulfide) groups is 1. The van der Waals surface area contributed by atoms with E-state index in [-0.39, 0.29) is 0 Å². The summed E-state index contributed by atoms with van der Waals surface area (Å²) in [5, 5.41) is 8.37. The summed E-state index contributed by atoms with van der Waals surface area (Å²) in [6, 6.07) is 6.85. The first kappa shape index (κ1) is 12.0. The third kappa shape index (κ3) is 2.37. The van der Waals surface area contributed by atoms with Gasteiger partial charge in [-0.1, -0.05) is 10.6 Å². The van der Waals surface area contributed by atoms with Gasteiger partial charge in [-0.25, -0.2) is 0 Å². The standard InChI is InChI=1S/C13H15N3S2/c1-14-13-12(15-16-18-13)8-17-11-6-5-9-3-2-4-10(9)7-11/h5-7,14H,2-4,8H2,1H3. The molecule has 1 aromatic heterocycles. The van der Waals surface area contributed by atoms with Gasteiger partial charge in [0.05, 0.1) is 0 Å². The lowest BCUT2D eigenvalue weighted by Gasteiger charge is -2.04. The van der Waals surface area contributed by atoms with Crippen molar-refractivity contribution >= 4 is 28.3 Å². The highest BCUT2D eigenvalue weighted by Crippen LogP contribution is 2.30. The number of rotatable bonds is 4. The van der Waals surface area contributed by atoms with Crippen LogP contribution in [0.1, 0.15) is 23.2 Å². The van der Waals surface area contributed by atoms with Crippen molar-refractivity contribution in [3.8, 4) is 0 Å². The fraction of sp³-hybridized carbons (Fsp3) is 0.385. The number of aromatic nitrogens is 2. The Kier molecular flexibility index (Phi) is 3.52. The molecular weight excluding hydrogens is 262 g/mol. The Bertz CT molecular complexity index is 551. The van der Waals surface area contributed by atoms with Crippen molar-refractivity contribution in [2.75, 3.05) is 12.4 Å². The number of nitrogens with one attached hydrogen (secondary N) is 1. The molecule has 5 heteroatoms. The maximum absolute atomic E-state index is 4.16. The summed E-state index contributed by atoms with van der Waals surface area (Å²) in [6.07, 6.45) is 3.80. The van der Waals surface area contributed by atoms with Crippen LogP contribution in [0.4, 0.5) is 5.00 Å². The fourth-order valence-corrected chi connectivity index (χ4v) is 3.80. The monoisotopic (exact) mass is 277 g/mol. The van der Waals surface area contributed by atoms with Crippen molar-refractivity contribution < 1.29 is 0 Å². The van der Waals surface area contributed by atoms with Crippen LogP contribution in [-0.2, 0) is 18.6 Å². The van der Waals surface area contributed by atoms with Gasteiger partial charge >= 0.3 is 0 Å². The molecule has 1 aliphatic carbocycles. The number of anilines is 1. The number of nitrogens with zero attached hydrogens (tertiary/aromatic N) is 2. The van der Waals surface area contributed by atoms with Gasteiger partial charge in [0, 0.05) is 29.2 Å². The van der Waals surface area contributed by atoms with E-state index in [9.17, 15) is 0 Å². The second-order valence-corrected chi connectivity index (χ2v) is 6.17. The third-order valence-electron chi connectivity index (χ3n) is 3.23. The van der Waals surface area contributed by atoms with Crippen LogP contribution < -0.4 is 5.32 Å². The Labute approximate surface area is 115 Å². The highest BCUT2D eigenvalue weighted by Gasteiger charge is 2.12. The summed E-state index contributed by atoms with van der Waals surface area (Å²) in [7, 11) is 1.92. The zero-order chi connectivity index (χ0) is 12.4. The van der Waals surface area contributed by atoms with Crippen LogP contribution in [0.2, 0.25) is 0 Å². The zero-order valence-corrected chi connectivity index (χ0v) is 11.9. The number of benzene rings is 1. The number of fused-ring (bicyclic) bond motifs is 1. The lowest BCUT2D eigenvalue weighted by atomic mass is 10.1. The smallest absolute Gasteiger partial charge is 0.133 e. The van der Waals surface area contributed by atoms with E-state index < -0.39 is 0 Å². The second kappa shape index (κ2) is 5.28. The van der Waals surface area contributed by atoms with Crippen LogP contribution in [0, 0.1) is 0 Å². The minimum absolute atomic E-state index is 0.880. The first-order chi connectivity index (χ1) is 8.86. The molecule has 0 fully saturated rings. The molecule has 1 heterocycles. The molecule has 0 saturated heterocycles. The van der Waals surface area contributed by atoms with Gasteiger partial charge in [0.2, 0.25) is 0 Å². The minimum Gasteiger partial charge on any atom is -0.377 e. The molecular formula is C13H15N3S2. The lowest BCUT2D eigenvalue weighted by Crippen LogP contribution is -1.91. The van der Waals surface area contributed by atoms with E-state index in [1.165, 1.54) is 46.8 Å². The SMILES string of the molecule is CNc1snnc1CSc1ccc2c(c1)CCC2. The van der Waals surface area contributed by atoms with Crippen LogP contribution in [0.5, 0.6) is 0 Å².